The molecule has 0 radical (unpaired) electrons. The van der Waals surface area contributed by atoms with Crippen molar-refractivity contribution in [2.45, 2.75) is 31.6 Å². The van der Waals surface area contributed by atoms with Crippen LogP contribution in [-0.4, -0.2) is 71.9 Å². The van der Waals surface area contributed by atoms with Gasteiger partial charge in [-0.15, -0.1) is 0 Å². The lowest BCUT2D eigenvalue weighted by Gasteiger charge is -2.33. The molecule has 2 aliphatic heterocycles. The van der Waals surface area contributed by atoms with Gasteiger partial charge in [-0.2, -0.15) is 4.98 Å². The van der Waals surface area contributed by atoms with Gasteiger partial charge in [-0.25, -0.2) is 4.79 Å². The van der Waals surface area contributed by atoms with Gasteiger partial charge in [0.1, 0.15) is 0 Å². The van der Waals surface area contributed by atoms with Crippen LogP contribution in [0, 0.1) is 0 Å². The largest absolute Gasteiger partial charge is 0.478 e. The van der Waals surface area contributed by atoms with E-state index in [1.165, 1.54) is 24.0 Å². The summed E-state index contributed by atoms with van der Waals surface area (Å²) in [7, 11) is 0. The van der Waals surface area contributed by atoms with Crippen molar-refractivity contribution in [2.75, 3.05) is 50.7 Å². The van der Waals surface area contributed by atoms with Crippen LogP contribution in [0.3, 0.4) is 0 Å². The van der Waals surface area contributed by atoms with E-state index < -0.39 is 5.97 Å². The fourth-order valence-corrected chi connectivity index (χ4v) is 6.19. The number of rotatable bonds is 9. The second kappa shape index (κ2) is 12.1. The molecule has 3 aromatic carbocycles. The van der Waals surface area contributed by atoms with Gasteiger partial charge in [0, 0.05) is 44.8 Å². The summed E-state index contributed by atoms with van der Waals surface area (Å²) in [5, 5.41) is 17.3. The van der Waals surface area contributed by atoms with E-state index in [1.807, 2.05) is 36.4 Å². The van der Waals surface area contributed by atoms with Gasteiger partial charge in [0.2, 0.25) is 5.82 Å². The summed E-state index contributed by atoms with van der Waals surface area (Å²) < 4.78 is 5.68. The molecule has 0 unspecified atom stereocenters. The minimum absolute atomic E-state index is 0.340. The maximum Gasteiger partial charge on any atom is 0.336 e. The topological polar surface area (TPSA) is 94.7 Å². The Kier molecular flexibility index (Phi) is 7.79. The summed E-state index contributed by atoms with van der Waals surface area (Å²) in [5.41, 5.74) is 8.04. The van der Waals surface area contributed by atoms with Crippen molar-refractivity contribution >= 4 is 17.6 Å². The van der Waals surface area contributed by atoms with Crippen molar-refractivity contribution in [2.24, 2.45) is 0 Å². The summed E-state index contributed by atoms with van der Waals surface area (Å²) >= 11 is 0. The molecule has 0 spiro atoms. The number of carboxylic acid groups (broad SMARTS) is 1. The predicted molar refractivity (Wildman–Crippen MR) is 168 cm³/mol. The second-order valence-electron chi connectivity index (χ2n) is 11.8. The van der Waals surface area contributed by atoms with E-state index >= 15 is 0 Å². The van der Waals surface area contributed by atoms with Crippen molar-refractivity contribution < 1.29 is 14.4 Å². The van der Waals surface area contributed by atoms with E-state index in [0.717, 1.165) is 92.4 Å². The van der Waals surface area contributed by atoms with Crippen molar-refractivity contribution in [3.8, 4) is 22.5 Å². The molecule has 0 atom stereocenters. The first-order valence-electron chi connectivity index (χ1n) is 15.4. The lowest BCUT2D eigenvalue weighted by molar-refractivity contribution is 0.0696. The third kappa shape index (κ3) is 6.26. The Hall–Kier alpha value is -4.27. The third-order valence-corrected chi connectivity index (χ3v) is 8.91. The van der Waals surface area contributed by atoms with E-state index in [4.69, 9.17) is 9.51 Å². The number of aromatic nitrogens is 2. The number of benzene rings is 3. The first kappa shape index (κ1) is 27.6. The smallest absolute Gasteiger partial charge is 0.336 e. The normalized spacial score (nSPS) is 17.6. The predicted octanol–water partition coefficient (Wildman–Crippen LogP) is 5.72. The number of hydrogen-bond donors (Lipinski definition) is 2. The van der Waals surface area contributed by atoms with Crippen molar-refractivity contribution in [1.29, 1.82) is 0 Å². The van der Waals surface area contributed by atoms with E-state index in [-0.39, 0.29) is 0 Å². The quantitative estimate of drug-likeness (QED) is 0.262. The zero-order valence-corrected chi connectivity index (χ0v) is 24.3. The number of aromatic carboxylic acids is 1. The average molecular weight is 576 g/mol. The van der Waals surface area contributed by atoms with E-state index in [2.05, 4.69) is 50.6 Å². The second-order valence-corrected chi connectivity index (χ2v) is 11.8. The van der Waals surface area contributed by atoms with E-state index in [1.54, 1.807) is 6.07 Å². The van der Waals surface area contributed by atoms with E-state index in [9.17, 15) is 9.90 Å². The SMILES string of the molecule is O=C(O)c1ccc(-c2ccc(-c3noc(N4CCN(CCc5cccc(C6CC6)c5)CC4)n3)cc2)cc1C1=CCNCC1. The van der Waals surface area contributed by atoms with Gasteiger partial charge in [-0.1, -0.05) is 65.8 Å². The zero-order valence-electron chi connectivity index (χ0n) is 24.3. The van der Waals surface area contributed by atoms with E-state index in [0.29, 0.717) is 17.4 Å². The molecule has 43 heavy (non-hydrogen) atoms. The summed E-state index contributed by atoms with van der Waals surface area (Å²) in [6.07, 6.45) is 6.67. The van der Waals surface area contributed by atoms with Crippen molar-refractivity contribution in [1.82, 2.24) is 20.4 Å². The molecular formula is C35H37N5O3. The lowest BCUT2D eigenvalue weighted by atomic mass is 9.91. The van der Waals surface area contributed by atoms with Crippen LogP contribution in [0.2, 0.25) is 0 Å². The summed E-state index contributed by atoms with van der Waals surface area (Å²) in [6, 6.07) is 23.3. The summed E-state index contributed by atoms with van der Waals surface area (Å²) in [6.45, 7) is 6.36. The molecule has 7 rings (SSSR count). The van der Waals surface area contributed by atoms with Crippen LogP contribution in [-0.2, 0) is 6.42 Å². The average Bonchev–Trinajstić information content (AvgIpc) is 3.80. The van der Waals surface area contributed by atoms with Crippen molar-refractivity contribution in [3.63, 3.8) is 0 Å². The van der Waals surface area contributed by atoms with Crippen LogP contribution < -0.4 is 10.2 Å². The molecule has 2 N–H and O–H groups in total. The monoisotopic (exact) mass is 575 g/mol. The summed E-state index contributed by atoms with van der Waals surface area (Å²) in [5.74, 6) is 0.468. The molecule has 3 aliphatic rings. The third-order valence-electron chi connectivity index (χ3n) is 8.91. The Balaban J connectivity index is 0.975. The highest BCUT2D eigenvalue weighted by Gasteiger charge is 2.24. The molecule has 0 bridgehead atoms. The van der Waals surface area contributed by atoms with Gasteiger partial charge >= 0.3 is 12.0 Å². The highest BCUT2D eigenvalue weighted by Crippen LogP contribution is 2.40. The molecule has 1 aromatic heterocycles. The van der Waals surface area contributed by atoms with Crippen LogP contribution >= 0.6 is 0 Å². The van der Waals surface area contributed by atoms with Gasteiger partial charge in [-0.05, 0) is 83.7 Å². The minimum Gasteiger partial charge on any atom is -0.478 e. The molecule has 220 valence electrons. The van der Waals surface area contributed by atoms with Crippen LogP contribution in [0.1, 0.15) is 52.2 Å². The van der Waals surface area contributed by atoms with Gasteiger partial charge < -0.3 is 19.8 Å². The van der Waals surface area contributed by atoms with Gasteiger partial charge in [-0.3, -0.25) is 4.90 Å². The number of piperazine rings is 1. The van der Waals surface area contributed by atoms with Crippen LogP contribution in [0.4, 0.5) is 6.01 Å². The molecule has 1 aliphatic carbocycles. The Morgan fingerprint density at radius 1 is 0.953 bits per heavy atom. The molecule has 3 heterocycles. The molecule has 8 nitrogen and oxygen atoms in total. The minimum atomic E-state index is -0.903. The zero-order chi connectivity index (χ0) is 29.2. The first-order chi connectivity index (χ1) is 21.1. The van der Waals surface area contributed by atoms with Gasteiger partial charge in [0.05, 0.1) is 5.56 Å². The molecule has 8 heteroatoms. The number of anilines is 1. The number of nitrogens with zero attached hydrogens (tertiary/aromatic N) is 4. The number of carboxylic acids is 1. The fourth-order valence-electron chi connectivity index (χ4n) is 6.19. The molecule has 4 aromatic rings. The molecule has 1 saturated carbocycles. The number of nitrogens with one attached hydrogen (secondary N) is 1. The van der Waals surface area contributed by atoms with Gasteiger partial charge in [0.25, 0.3) is 0 Å². The Labute approximate surface area is 252 Å². The number of carbonyl (C=O) groups is 1. The Morgan fingerprint density at radius 2 is 1.74 bits per heavy atom. The molecule has 1 saturated heterocycles. The molecule has 0 amide bonds. The molecular weight excluding hydrogens is 538 g/mol. The van der Waals surface area contributed by atoms with Crippen LogP contribution in [0.15, 0.2) is 77.3 Å². The van der Waals surface area contributed by atoms with Crippen LogP contribution in [0.25, 0.3) is 28.1 Å². The summed E-state index contributed by atoms with van der Waals surface area (Å²) in [4.78, 5) is 21.3. The highest BCUT2D eigenvalue weighted by atomic mass is 16.5. The standard InChI is InChI=1S/C35H37N5O3/c41-34(42)31-11-10-30(23-32(31)27-12-15-36-16-13-27)26-6-8-28(9-7-26)33-37-35(43-38-33)40-20-18-39(19-21-40)17-14-24-2-1-3-29(22-24)25-4-5-25/h1-3,6-12,22-23,25,36H,4-5,13-21H2,(H,41,42). The van der Waals surface area contributed by atoms with Crippen molar-refractivity contribution in [3.05, 3.63) is 95.1 Å². The Morgan fingerprint density at radius 3 is 2.49 bits per heavy atom. The lowest BCUT2D eigenvalue weighted by Crippen LogP contribution is -2.47. The van der Waals surface area contributed by atoms with Gasteiger partial charge in [0.15, 0.2) is 0 Å². The highest BCUT2D eigenvalue weighted by molar-refractivity contribution is 5.95. The molecule has 2 fully saturated rings. The fraction of sp³-hybridized carbons (Fsp3) is 0.343. The maximum atomic E-state index is 11.9. The number of hydrogen-bond acceptors (Lipinski definition) is 7. The van der Waals surface area contributed by atoms with Crippen LogP contribution in [0.5, 0.6) is 0 Å². The first-order valence-corrected chi connectivity index (χ1v) is 15.4. The Bertz CT molecular complexity index is 1630. The maximum absolute atomic E-state index is 11.9.